The van der Waals surface area contributed by atoms with Crippen LogP contribution in [0.5, 0.6) is 0 Å². The third-order valence-electron chi connectivity index (χ3n) is 6.21. The first kappa shape index (κ1) is 23.7. The number of halogens is 3. The number of anilines is 2. The molecule has 5 rings (SSSR count). The highest BCUT2D eigenvalue weighted by molar-refractivity contribution is 6.05. The number of carbonyl (C=O) groups is 1. The first-order valence-corrected chi connectivity index (χ1v) is 11.3. The topological polar surface area (TPSA) is 87.4 Å². The van der Waals surface area contributed by atoms with Gasteiger partial charge in [-0.15, -0.1) is 0 Å². The van der Waals surface area contributed by atoms with E-state index in [1.165, 1.54) is 12.3 Å². The predicted octanol–water partition coefficient (Wildman–Crippen LogP) is 4.62. The van der Waals surface area contributed by atoms with Crippen LogP contribution in [0.25, 0.3) is 22.3 Å². The van der Waals surface area contributed by atoms with Crippen LogP contribution in [0.1, 0.15) is 21.7 Å². The van der Waals surface area contributed by atoms with Crippen LogP contribution in [0.4, 0.5) is 24.5 Å². The lowest BCUT2D eigenvalue weighted by atomic mass is 10.1. The molecule has 1 N–H and O–H groups in total. The van der Waals surface area contributed by atoms with E-state index in [4.69, 9.17) is 4.52 Å². The number of hydrogen-bond acceptors (Lipinski definition) is 7. The Morgan fingerprint density at radius 3 is 2.53 bits per heavy atom. The van der Waals surface area contributed by atoms with E-state index in [1.807, 2.05) is 11.9 Å². The molecule has 1 fully saturated rings. The Balaban J connectivity index is 1.50. The molecule has 186 valence electrons. The lowest BCUT2D eigenvalue weighted by Gasteiger charge is -2.34. The van der Waals surface area contributed by atoms with Gasteiger partial charge in [0.1, 0.15) is 11.3 Å². The molecule has 8 nitrogen and oxygen atoms in total. The van der Waals surface area contributed by atoms with E-state index in [9.17, 15) is 18.0 Å². The number of hydrogen-bond donors (Lipinski definition) is 1. The number of amides is 1. The minimum atomic E-state index is -4.51. The molecule has 0 bridgehead atoms. The monoisotopic (exact) mass is 496 g/mol. The van der Waals surface area contributed by atoms with Crippen molar-refractivity contribution in [3.05, 3.63) is 65.7 Å². The molecule has 0 unspecified atom stereocenters. The Morgan fingerprint density at radius 2 is 1.83 bits per heavy atom. The summed E-state index contributed by atoms with van der Waals surface area (Å²) in [5.74, 6) is 0.165. The number of nitrogens with zero attached hydrogens (tertiary/aromatic N) is 5. The molecule has 2 aromatic carbocycles. The molecule has 1 amide bonds. The SMILES string of the molecule is Cc1oncc1C(=O)Nc1ccc2cnc(-c3cc(N4CCN(C)CC4)cc(C(F)(F)F)c3)nc2c1. The normalized spacial score (nSPS) is 14.9. The number of likely N-dealkylation sites (N-methyl/N-ethyl adjacent to an activating group) is 1. The third-order valence-corrected chi connectivity index (χ3v) is 6.21. The molecule has 0 radical (unpaired) electrons. The van der Waals surface area contributed by atoms with E-state index in [2.05, 4.69) is 25.3 Å². The van der Waals surface area contributed by atoms with Crippen LogP contribution in [0.15, 0.2) is 53.3 Å². The number of carbonyl (C=O) groups excluding carboxylic acids is 1. The van der Waals surface area contributed by atoms with Gasteiger partial charge in [0.05, 0.1) is 17.3 Å². The van der Waals surface area contributed by atoms with Crippen LogP contribution >= 0.6 is 0 Å². The Kier molecular flexibility index (Phi) is 6.09. The van der Waals surface area contributed by atoms with Crippen molar-refractivity contribution in [3.8, 4) is 11.4 Å². The molecule has 0 aliphatic carbocycles. The van der Waals surface area contributed by atoms with Gasteiger partial charge in [0.25, 0.3) is 5.91 Å². The lowest BCUT2D eigenvalue weighted by Crippen LogP contribution is -2.44. The molecule has 2 aromatic heterocycles. The molecule has 11 heteroatoms. The number of piperazine rings is 1. The van der Waals surface area contributed by atoms with Gasteiger partial charge in [-0.3, -0.25) is 4.79 Å². The largest absolute Gasteiger partial charge is 0.416 e. The van der Waals surface area contributed by atoms with E-state index in [0.717, 1.165) is 19.2 Å². The van der Waals surface area contributed by atoms with Gasteiger partial charge in [0.15, 0.2) is 5.82 Å². The van der Waals surface area contributed by atoms with Crippen molar-refractivity contribution >= 4 is 28.2 Å². The number of nitrogens with one attached hydrogen (secondary N) is 1. The van der Waals surface area contributed by atoms with Crippen molar-refractivity contribution in [2.45, 2.75) is 13.1 Å². The first-order chi connectivity index (χ1) is 17.2. The van der Waals surface area contributed by atoms with Crippen LogP contribution in [-0.2, 0) is 6.18 Å². The smallest absolute Gasteiger partial charge is 0.369 e. The second kappa shape index (κ2) is 9.23. The quantitative estimate of drug-likeness (QED) is 0.441. The number of benzene rings is 2. The zero-order valence-electron chi connectivity index (χ0n) is 19.6. The number of fused-ring (bicyclic) bond motifs is 1. The summed E-state index contributed by atoms with van der Waals surface area (Å²) in [5.41, 5.74) is 1.27. The highest BCUT2D eigenvalue weighted by atomic mass is 19.4. The van der Waals surface area contributed by atoms with Crippen LogP contribution < -0.4 is 10.2 Å². The van der Waals surface area contributed by atoms with Crippen LogP contribution in [0, 0.1) is 6.92 Å². The van der Waals surface area contributed by atoms with Gasteiger partial charge < -0.3 is 19.6 Å². The van der Waals surface area contributed by atoms with Crippen molar-refractivity contribution < 1.29 is 22.5 Å². The minimum Gasteiger partial charge on any atom is -0.369 e. The van der Waals surface area contributed by atoms with Gasteiger partial charge in [-0.25, -0.2) is 9.97 Å². The zero-order valence-corrected chi connectivity index (χ0v) is 19.6. The van der Waals surface area contributed by atoms with E-state index in [-0.39, 0.29) is 11.4 Å². The van der Waals surface area contributed by atoms with Gasteiger partial charge in [-0.2, -0.15) is 13.2 Å². The number of aromatic nitrogens is 3. The van der Waals surface area contributed by atoms with Gasteiger partial charge >= 0.3 is 6.18 Å². The molecule has 1 aliphatic heterocycles. The second-order valence-electron chi connectivity index (χ2n) is 8.77. The molecule has 3 heterocycles. The Hall–Kier alpha value is -3.99. The number of alkyl halides is 3. The maximum Gasteiger partial charge on any atom is 0.416 e. The second-order valence-corrected chi connectivity index (χ2v) is 8.77. The highest BCUT2D eigenvalue weighted by Gasteiger charge is 2.32. The Labute approximate surface area is 204 Å². The van der Waals surface area contributed by atoms with Crippen molar-refractivity contribution in [1.82, 2.24) is 20.0 Å². The molecular weight excluding hydrogens is 473 g/mol. The molecule has 0 atom stereocenters. The number of aryl methyl sites for hydroxylation is 1. The summed E-state index contributed by atoms with van der Waals surface area (Å²) in [7, 11) is 1.99. The fourth-order valence-corrected chi connectivity index (χ4v) is 4.11. The lowest BCUT2D eigenvalue weighted by molar-refractivity contribution is -0.137. The van der Waals surface area contributed by atoms with Gasteiger partial charge in [-0.05, 0) is 50.4 Å². The Bertz CT molecular complexity index is 1430. The van der Waals surface area contributed by atoms with Gasteiger partial charge in [0, 0.05) is 54.7 Å². The molecule has 1 aliphatic rings. The maximum absolute atomic E-state index is 13.7. The van der Waals surface area contributed by atoms with E-state index in [0.29, 0.717) is 46.7 Å². The maximum atomic E-state index is 13.7. The van der Waals surface area contributed by atoms with E-state index < -0.39 is 17.6 Å². The molecule has 0 saturated carbocycles. The third kappa shape index (κ3) is 4.87. The molecule has 4 aromatic rings. The van der Waals surface area contributed by atoms with Crippen molar-refractivity contribution in [3.63, 3.8) is 0 Å². The molecule has 1 saturated heterocycles. The predicted molar refractivity (Wildman–Crippen MR) is 129 cm³/mol. The summed E-state index contributed by atoms with van der Waals surface area (Å²) in [5, 5.41) is 7.05. The fraction of sp³-hybridized carbons (Fsp3) is 0.280. The first-order valence-electron chi connectivity index (χ1n) is 11.3. The molecule has 0 spiro atoms. The summed E-state index contributed by atoms with van der Waals surface area (Å²) in [6, 6.07) is 9.02. The van der Waals surface area contributed by atoms with Gasteiger partial charge in [0.2, 0.25) is 0 Å². The van der Waals surface area contributed by atoms with Crippen LogP contribution in [0.2, 0.25) is 0 Å². The highest BCUT2D eigenvalue weighted by Crippen LogP contribution is 2.36. The zero-order chi connectivity index (χ0) is 25.4. The van der Waals surface area contributed by atoms with Crippen LogP contribution in [0.3, 0.4) is 0 Å². The Morgan fingerprint density at radius 1 is 1.06 bits per heavy atom. The molecular formula is C25H23F3N6O2. The standard InChI is InChI=1S/C25H23F3N6O2/c1-15-21(14-30-36-15)24(35)31-19-4-3-16-13-29-23(32-22(16)12-19)17-9-18(25(26,27)28)11-20(10-17)34-7-5-33(2)6-8-34/h3-4,9-14H,5-8H2,1-2H3,(H,31,35). The minimum absolute atomic E-state index is 0.169. The molecule has 36 heavy (non-hydrogen) atoms. The van der Waals surface area contributed by atoms with E-state index in [1.54, 1.807) is 37.4 Å². The average molecular weight is 496 g/mol. The van der Waals surface area contributed by atoms with Crippen molar-refractivity contribution in [2.24, 2.45) is 0 Å². The van der Waals surface area contributed by atoms with Crippen molar-refractivity contribution in [2.75, 3.05) is 43.4 Å². The summed E-state index contributed by atoms with van der Waals surface area (Å²) in [6.45, 7) is 4.42. The van der Waals surface area contributed by atoms with Crippen molar-refractivity contribution in [1.29, 1.82) is 0 Å². The summed E-state index contributed by atoms with van der Waals surface area (Å²) in [6.07, 6.45) is -1.62. The number of rotatable bonds is 4. The fourth-order valence-electron chi connectivity index (χ4n) is 4.11. The summed E-state index contributed by atoms with van der Waals surface area (Å²) >= 11 is 0. The summed E-state index contributed by atoms with van der Waals surface area (Å²) in [4.78, 5) is 25.4. The average Bonchev–Trinajstić information content (AvgIpc) is 3.29. The summed E-state index contributed by atoms with van der Waals surface area (Å²) < 4.78 is 46.2. The van der Waals surface area contributed by atoms with Crippen LogP contribution in [-0.4, -0.2) is 59.2 Å². The van der Waals surface area contributed by atoms with Gasteiger partial charge in [-0.1, -0.05) is 5.16 Å². The van der Waals surface area contributed by atoms with E-state index >= 15 is 0 Å².